The fourth-order valence-electron chi connectivity index (χ4n) is 9.72. The zero-order valence-corrected chi connectivity index (χ0v) is 21.8. The lowest BCUT2D eigenvalue weighted by Gasteiger charge is -2.63. The smallest absolute Gasteiger partial charge is 0.0720 e. The molecule has 2 N–H and O–H groups in total. The summed E-state index contributed by atoms with van der Waals surface area (Å²) in [7, 11) is 0. The SMILES string of the molecule is CC(CCCO)C1CCC2C3C(OCc4ccccc4)CC4CC(O)CCC4(C)C3CCC12C. The highest BCUT2D eigenvalue weighted by molar-refractivity contribution is 5.15. The van der Waals surface area contributed by atoms with Crippen molar-refractivity contribution in [3.63, 3.8) is 0 Å². The van der Waals surface area contributed by atoms with E-state index in [1.54, 1.807) is 0 Å². The number of benzene rings is 1. The topological polar surface area (TPSA) is 49.7 Å². The van der Waals surface area contributed by atoms with Crippen LogP contribution in [0.2, 0.25) is 0 Å². The van der Waals surface area contributed by atoms with Gasteiger partial charge in [0.05, 0.1) is 18.8 Å². The van der Waals surface area contributed by atoms with Gasteiger partial charge < -0.3 is 14.9 Å². The first kappa shape index (κ1) is 24.8. The molecule has 4 aliphatic rings. The lowest BCUT2D eigenvalue weighted by Crippen LogP contribution is -2.59. The van der Waals surface area contributed by atoms with Crippen LogP contribution in [-0.2, 0) is 11.3 Å². The molecule has 0 aliphatic heterocycles. The Kier molecular flexibility index (Phi) is 7.19. The van der Waals surface area contributed by atoms with Crippen molar-refractivity contribution in [2.24, 2.45) is 46.3 Å². The summed E-state index contributed by atoms with van der Waals surface area (Å²) in [6.45, 7) is 8.68. The molecule has 3 nitrogen and oxygen atoms in total. The van der Waals surface area contributed by atoms with E-state index in [2.05, 4.69) is 51.1 Å². The summed E-state index contributed by atoms with van der Waals surface area (Å²) in [6, 6.07) is 10.7. The van der Waals surface area contributed by atoms with Crippen molar-refractivity contribution < 1.29 is 14.9 Å². The highest BCUT2D eigenvalue weighted by Gasteiger charge is 2.63. The average Bonchev–Trinajstić information content (AvgIpc) is 3.19. The molecule has 4 saturated carbocycles. The summed E-state index contributed by atoms with van der Waals surface area (Å²) in [5.41, 5.74) is 2.04. The Hall–Kier alpha value is -0.900. The van der Waals surface area contributed by atoms with E-state index in [9.17, 15) is 10.2 Å². The quantitative estimate of drug-likeness (QED) is 0.473. The van der Waals surface area contributed by atoms with Crippen molar-refractivity contribution in [1.82, 2.24) is 0 Å². The van der Waals surface area contributed by atoms with Crippen molar-refractivity contribution in [2.75, 3.05) is 6.61 Å². The highest BCUT2D eigenvalue weighted by Crippen LogP contribution is 2.68. The van der Waals surface area contributed by atoms with E-state index in [0.29, 0.717) is 47.9 Å². The second kappa shape index (κ2) is 9.87. The van der Waals surface area contributed by atoms with Crippen LogP contribution in [-0.4, -0.2) is 29.0 Å². The number of fused-ring (bicyclic) bond motifs is 5. The second-order valence-electron chi connectivity index (χ2n) is 13.1. The largest absolute Gasteiger partial charge is 0.396 e. The number of hydrogen-bond donors (Lipinski definition) is 2. The first-order valence-corrected chi connectivity index (χ1v) is 14.3. The van der Waals surface area contributed by atoms with E-state index < -0.39 is 0 Å². The monoisotopic (exact) mass is 468 g/mol. The maximum absolute atomic E-state index is 10.6. The lowest BCUT2D eigenvalue weighted by atomic mass is 9.43. The molecule has 0 spiro atoms. The zero-order valence-electron chi connectivity index (χ0n) is 21.8. The van der Waals surface area contributed by atoms with Gasteiger partial charge in [-0.05, 0) is 116 Å². The van der Waals surface area contributed by atoms with E-state index in [1.807, 2.05) is 0 Å². The third-order valence-corrected chi connectivity index (χ3v) is 11.5. The van der Waals surface area contributed by atoms with E-state index >= 15 is 0 Å². The third-order valence-electron chi connectivity index (χ3n) is 11.5. The van der Waals surface area contributed by atoms with Crippen molar-refractivity contribution in [2.45, 2.75) is 104 Å². The minimum atomic E-state index is -0.124. The van der Waals surface area contributed by atoms with E-state index in [1.165, 1.54) is 37.7 Å². The van der Waals surface area contributed by atoms with Gasteiger partial charge in [-0.2, -0.15) is 0 Å². The minimum Gasteiger partial charge on any atom is -0.396 e. The summed E-state index contributed by atoms with van der Waals surface area (Å²) in [6.07, 6.45) is 11.9. The Morgan fingerprint density at radius 2 is 1.71 bits per heavy atom. The van der Waals surface area contributed by atoms with Gasteiger partial charge in [0.2, 0.25) is 0 Å². The van der Waals surface area contributed by atoms with Crippen molar-refractivity contribution in [3.8, 4) is 0 Å². The van der Waals surface area contributed by atoms with Gasteiger partial charge in [0.1, 0.15) is 0 Å². The first-order chi connectivity index (χ1) is 16.4. The molecule has 0 saturated heterocycles. The van der Waals surface area contributed by atoms with Gasteiger partial charge in [-0.3, -0.25) is 0 Å². The van der Waals surface area contributed by atoms with Crippen LogP contribution in [0.25, 0.3) is 0 Å². The van der Waals surface area contributed by atoms with E-state index in [-0.39, 0.29) is 6.10 Å². The summed E-state index contributed by atoms with van der Waals surface area (Å²) in [4.78, 5) is 0. The lowest BCUT2D eigenvalue weighted by molar-refractivity contribution is -0.191. The van der Waals surface area contributed by atoms with Gasteiger partial charge in [0, 0.05) is 6.61 Å². The molecule has 0 bridgehead atoms. The van der Waals surface area contributed by atoms with Gasteiger partial charge >= 0.3 is 0 Å². The van der Waals surface area contributed by atoms with Crippen LogP contribution >= 0.6 is 0 Å². The van der Waals surface area contributed by atoms with E-state index in [4.69, 9.17) is 4.74 Å². The van der Waals surface area contributed by atoms with Crippen LogP contribution in [0.3, 0.4) is 0 Å². The molecular weight excluding hydrogens is 420 g/mol. The first-order valence-electron chi connectivity index (χ1n) is 14.3. The maximum atomic E-state index is 10.6. The van der Waals surface area contributed by atoms with Crippen molar-refractivity contribution in [1.29, 1.82) is 0 Å². The summed E-state index contributed by atoms with van der Waals surface area (Å²) >= 11 is 0. The van der Waals surface area contributed by atoms with Crippen molar-refractivity contribution >= 4 is 0 Å². The predicted octanol–water partition coefficient (Wildman–Crippen LogP) is 6.61. The van der Waals surface area contributed by atoms with E-state index in [0.717, 1.165) is 49.9 Å². The molecule has 3 heteroatoms. The number of hydrogen-bond acceptors (Lipinski definition) is 3. The molecule has 4 fully saturated rings. The Balaban J connectivity index is 1.42. The van der Waals surface area contributed by atoms with Gasteiger partial charge in [0.25, 0.3) is 0 Å². The molecule has 34 heavy (non-hydrogen) atoms. The van der Waals surface area contributed by atoms with Crippen LogP contribution in [0.15, 0.2) is 30.3 Å². The molecule has 5 rings (SSSR count). The fraction of sp³-hybridized carbons (Fsp3) is 0.806. The van der Waals surface area contributed by atoms with Crippen LogP contribution in [0.4, 0.5) is 0 Å². The predicted molar refractivity (Wildman–Crippen MR) is 137 cm³/mol. The molecule has 10 atom stereocenters. The second-order valence-corrected chi connectivity index (χ2v) is 13.1. The molecule has 190 valence electrons. The highest BCUT2D eigenvalue weighted by atomic mass is 16.5. The maximum Gasteiger partial charge on any atom is 0.0720 e. The summed E-state index contributed by atoms with van der Waals surface area (Å²) in [5.74, 6) is 4.18. The molecule has 0 radical (unpaired) electrons. The molecule has 0 amide bonds. The number of rotatable bonds is 7. The normalized spacial score (nSPS) is 44.7. The van der Waals surface area contributed by atoms with Crippen LogP contribution in [0.5, 0.6) is 0 Å². The van der Waals surface area contributed by atoms with Gasteiger partial charge in [0.15, 0.2) is 0 Å². The Morgan fingerprint density at radius 3 is 2.47 bits per heavy atom. The number of aliphatic hydroxyl groups is 2. The average molecular weight is 469 g/mol. The Bertz CT molecular complexity index is 810. The molecular formula is C31H48O3. The molecule has 1 aromatic carbocycles. The standard InChI is InChI=1S/C31H48O3/c1-21(8-7-17-32)25-11-12-26-29-27(14-16-31(25,26)3)30(2)15-13-24(33)18-23(30)19-28(29)34-20-22-9-5-4-6-10-22/h4-6,9-10,21,23-29,32-33H,7-8,11-20H2,1-3H3. The summed E-state index contributed by atoms with van der Waals surface area (Å²) < 4.78 is 6.87. The molecule has 1 aromatic rings. The van der Waals surface area contributed by atoms with Crippen LogP contribution in [0.1, 0.15) is 90.5 Å². The van der Waals surface area contributed by atoms with Gasteiger partial charge in [-0.25, -0.2) is 0 Å². The third kappa shape index (κ3) is 4.28. The molecule has 4 aliphatic carbocycles. The molecule has 0 aromatic heterocycles. The molecule has 0 heterocycles. The Labute approximate surface area is 207 Å². The van der Waals surface area contributed by atoms with Gasteiger partial charge in [-0.15, -0.1) is 0 Å². The van der Waals surface area contributed by atoms with Gasteiger partial charge in [-0.1, -0.05) is 51.1 Å². The molecule has 10 unspecified atom stereocenters. The number of ether oxygens (including phenoxy) is 1. The fourth-order valence-corrected chi connectivity index (χ4v) is 9.72. The zero-order chi connectivity index (χ0) is 23.9. The van der Waals surface area contributed by atoms with Crippen LogP contribution < -0.4 is 0 Å². The van der Waals surface area contributed by atoms with Crippen molar-refractivity contribution in [3.05, 3.63) is 35.9 Å². The van der Waals surface area contributed by atoms with Crippen LogP contribution in [0, 0.1) is 46.3 Å². The number of aliphatic hydroxyl groups excluding tert-OH is 2. The summed E-state index contributed by atoms with van der Waals surface area (Å²) in [5, 5.41) is 20.0. The minimum absolute atomic E-state index is 0.124. The Morgan fingerprint density at radius 1 is 0.971 bits per heavy atom.